The zero-order valence-corrected chi connectivity index (χ0v) is 11.4. The second kappa shape index (κ2) is 5.45. The molecule has 3 rings (SSSR count). The Labute approximate surface area is 119 Å². The van der Waals surface area contributed by atoms with Crippen LogP contribution in [0.3, 0.4) is 0 Å². The summed E-state index contributed by atoms with van der Waals surface area (Å²) in [4.78, 5) is 16.5. The molecular formula is C17H18N2O. The van der Waals surface area contributed by atoms with Crippen LogP contribution in [0.1, 0.15) is 24.0 Å². The van der Waals surface area contributed by atoms with Crippen molar-refractivity contribution in [3.63, 3.8) is 0 Å². The predicted octanol–water partition coefficient (Wildman–Crippen LogP) is 2.47. The van der Waals surface area contributed by atoms with Crippen molar-refractivity contribution in [2.45, 2.75) is 24.7 Å². The topological polar surface area (TPSA) is 42.0 Å². The maximum Gasteiger partial charge on any atom is 0.230 e. The number of benzene rings is 1. The number of carbonyl (C=O) groups is 1. The molecule has 0 unspecified atom stereocenters. The van der Waals surface area contributed by atoms with Crippen molar-refractivity contribution in [2.24, 2.45) is 0 Å². The van der Waals surface area contributed by atoms with Gasteiger partial charge in [0.15, 0.2) is 0 Å². The Balaban J connectivity index is 1.58. The lowest BCUT2D eigenvalue weighted by molar-refractivity contribution is -0.123. The minimum atomic E-state index is -0.268. The van der Waals surface area contributed by atoms with Crippen LogP contribution < -0.4 is 5.32 Å². The molecule has 1 N–H and O–H groups in total. The lowest BCUT2D eigenvalue weighted by Gasteiger charge is -2.15. The van der Waals surface area contributed by atoms with Crippen LogP contribution in [-0.2, 0) is 16.6 Å². The van der Waals surface area contributed by atoms with Gasteiger partial charge in [-0.2, -0.15) is 0 Å². The second-order valence-corrected chi connectivity index (χ2v) is 5.32. The van der Waals surface area contributed by atoms with Gasteiger partial charge in [-0.1, -0.05) is 36.4 Å². The minimum Gasteiger partial charge on any atom is -0.355 e. The highest BCUT2D eigenvalue weighted by atomic mass is 16.2. The summed E-state index contributed by atoms with van der Waals surface area (Å²) in [5.74, 6) is 0.160. The van der Waals surface area contributed by atoms with Gasteiger partial charge >= 0.3 is 0 Å². The SMILES string of the molecule is O=C(NCCc1cccnc1)C1(c2ccccc2)CC1. The summed E-state index contributed by atoms with van der Waals surface area (Å²) in [7, 11) is 0. The van der Waals surface area contributed by atoms with E-state index in [1.54, 1.807) is 6.20 Å². The molecule has 0 atom stereocenters. The first kappa shape index (κ1) is 12.9. The Kier molecular flexibility index (Phi) is 3.50. The van der Waals surface area contributed by atoms with Crippen molar-refractivity contribution in [1.82, 2.24) is 10.3 Å². The molecule has 2 aromatic rings. The van der Waals surface area contributed by atoms with Gasteiger partial charge in [0.1, 0.15) is 0 Å². The van der Waals surface area contributed by atoms with Gasteiger partial charge in [0.25, 0.3) is 0 Å². The summed E-state index contributed by atoms with van der Waals surface area (Å²) < 4.78 is 0. The van der Waals surface area contributed by atoms with Crippen LogP contribution in [0.2, 0.25) is 0 Å². The summed E-state index contributed by atoms with van der Waals surface area (Å²) >= 11 is 0. The van der Waals surface area contributed by atoms with Gasteiger partial charge in [-0.05, 0) is 36.5 Å². The number of rotatable bonds is 5. The number of aromatic nitrogens is 1. The highest BCUT2D eigenvalue weighted by Crippen LogP contribution is 2.48. The van der Waals surface area contributed by atoms with Gasteiger partial charge in [0, 0.05) is 18.9 Å². The fraction of sp³-hybridized carbons (Fsp3) is 0.294. The van der Waals surface area contributed by atoms with Gasteiger partial charge in [0.2, 0.25) is 5.91 Å². The molecule has 102 valence electrons. The average molecular weight is 266 g/mol. The van der Waals surface area contributed by atoms with E-state index >= 15 is 0 Å². The Bertz CT molecular complexity index is 576. The molecule has 1 aromatic carbocycles. The summed E-state index contributed by atoms with van der Waals surface area (Å²) in [6.07, 6.45) is 6.34. The minimum absolute atomic E-state index is 0.160. The zero-order valence-electron chi connectivity index (χ0n) is 11.4. The Morgan fingerprint density at radius 2 is 1.95 bits per heavy atom. The van der Waals surface area contributed by atoms with Gasteiger partial charge in [-0.15, -0.1) is 0 Å². The summed E-state index contributed by atoms with van der Waals surface area (Å²) in [6, 6.07) is 14.0. The van der Waals surface area contributed by atoms with Gasteiger partial charge in [0.05, 0.1) is 5.41 Å². The third kappa shape index (κ3) is 2.57. The van der Waals surface area contributed by atoms with Crippen molar-refractivity contribution < 1.29 is 4.79 Å². The predicted molar refractivity (Wildman–Crippen MR) is 78.3 cm³/mol. The van der Waals surface area contributed by atoms with E-state index in [9.17, 15) is 4.79 Å². The lowest BCUT2D eigenvalue weighted by atomic mass is 9.95. The highest BCUT2D eigenvalue weighted by Gasteiger charge is 2.50. The van der Waals surface area contributed by atoms with E-state index in [-0.39, 0.29) is 11.3 Å². The molecule has 20 heavy (non-hydrogen) atoms. The van der Waals surface area contributed by atoms with E-state index in [1.807, 2.05) is 48.7 Å². The molecule has 3 nitrogen and oxygen atoms in total. The molecule has 0 saturated heterocycles. The van der Waals surface area contributed by atoms with Crippen LogP contribution >= 0.6 is 0 Å². The maximum atomic E-state index is 12.4. The van der Waals surface area contributed by atoms with Gasteiger partial charge in [-0.25, -0.2) is 0 Å². The molecule has 1 aromatic heterocycles. The number of pyridine rings is 1. The number of nitrogens with zero attached hydrogens (tertiary/aromatic N) is 1. The second-order valence-electron chi connectivity index (χ2n) is 5.32. The molecular weight excluding hydrogens is 248 g/mol. The number of nitrogens with one attached hydrogen (secondary N) is 1. The van der Waals surface area contributed by atoms with Crippen molar-refractivity contribution in [3.05, 3.63) is 66.0 Å². The van der Waals surface area contributed by atoms with Crippen molar-refractivity contribution in [1.29, 1.82) is 0 Å². The van der Waals surface area contributed by atoms with E-state index in [0.29, 0.717) is 6.54 Å². The summed E-state index contributed by atoms with van der Waals surface area (Å²) in [5.41, 5.74) is 2.02. The third-order valence-electron chi connectivity index (χ3n) is 3.93. The molecule has 1 aliphatic carbocycles. The molecule has 0 aliphatic heterocycles. The number of amides is 1. The van der Waals surface area contributed by atoms with Gasteiger partial charge < -0.3 is 5.32 Å². The molecule has 1 amide bonds. The summed E-state index contributed by atoms with van der Waals surface area (Å²) in [6.45, 7) is 0.666. The number of carbonyl (C=O) groups excluding carboxylic acids is 1. The first-order valence-electron chi connectivity index (χ1n) is 7.04. The van der Waals surface area contributed by atoms with Crippen LogP contribution in [-0.4, -0.2) is 17.4 Å². The van der Waals surface area contributed by atoms with Crippen LogP contribution in [0.5, 0.6) is 0 Å². The van der Waals surface area contributed by atoms with Crippen LogP contribution in [0.25, 0.3) is 0 Å². The number of hydrogen-bond acceptors (Lipinski definition) is 2. The largest absolute Gasteiger partial charge is 0.355 e. The standard InChI is InChI=1S/C17H18N2O/c20-16(19-12-8-14-5-4-11-18-13-14)17(9-10-17)15-6-2-1-3-7-15/h1-7,11,13H,8-10,12H2,(H,19,20). The zero-order chi connectivity index (χ0) is 13.8. The molecule has 0 spiro atoms. The highest BCUT2D eigenvalue weighted by molar-refractivity contribution is 5.91. The normalized spacial score (nSPS) is 15.6. The first-order chi connectivity index (χ1) is 9.81. The Hall–Kier alpha value is -2.16. The van der Waals surface area contributed by atoms with E-state index in [4.69, 9.17) is 0 Å². The lowest BCUT2D eigenvalue weighted by Crippen LogP contribution is -2.35. The summed E-state index contributed by atoms with van der Waals surface area (Å²) in [5, 5.41) is 3.07. The van der Waals surface area contributed by atoms with E-state index < -0.39 is 0 Å². The first-order valence-corrected chi connectivity index (χ1v) is 7.04. The molecule has 1 aliphatic rings. The van der Waals surface area contributed by atoms with E-state index in [0.717, 1.165) is 30.4 Å². The Morgan fingerprint density at radius 3 is 2.60 bits per heavy atom. The van der Waals surface area contributed by atoms with Crippen molar-refractivity contribution in [2.75, 3.05) is 6.54 Å². The quantitative estimate of drug-likeness (QED) is 0.903. The van der Waals surface area contributed by atoms with Crippen LogP contribution in [0, 0.1) is 0 Å². The fourth-order valence-corrected chi connectivity index (χ4v) is 2.56. The molecule has 1 saturated carbocycles. The monoisotopic (exact) mass is 266 g/mol. The Morgan fingerprint density at radius 1 is 1.15 bits per heavy atom. The smallest absolute Gasteiger partial charge is 0.230 e. The average Bonchev–Trinajstić information content (AvgIpc) is 3.31. The third-order valence-corrected chi connectivity index (χ3v) is 3.93. The molecule has 1 heterocycles. The van der Waals surface area contributed by atoms with Crippen LogP contribution in [0.4, 0.5) is 0 Å². The fourth-order valence-electron chi connectivity index (χ4n) is 2.56. The van der Waals surface area contributed by atoms with E-state index in [2.05, 4.69) is 10.3 Å². The maximum absolute atomic E-state index is 12.4. The number of hydrogen-bond donors (Lipinski definition) is 1. The molecule has 0 radical (unpaired) electrons. The molecule has 3 heteroatoms. The van der Waals surface area contributed by atoms with Gasteiger partial charge in [-0.3, -0.25) is 9.78 Å². The van der Waals surface area contributed by atoms with Crippen LogP contribution in [0.15, 0.2) is 54.9 Å². The van der Waals surface area contributed by atoms with Crippen molar-refractivity contribution in [3.8, 4) is 0 Å². The van der Waals surface area contributed by atoms with E-state index in [1.165, 1.54) is 0 Å². The van der Waals surface area contributed by atoms with Crippen molar-refractivity contribution >= 4 is 5.91 Å². The molecule has 1 fully saturated rings. The molecule has 0 bridgehead atoms.